The monoisotopic (exact) mass is 533 g/mol. The molecule has 9 nitrogen and oxygen atoms in total. The van der Waals surface area contributed by atoms with Crippen molar-refractivity contribution in [2.24, 2.45) is 5.92 Å². The third-order valence-corrected chi connectivity index (χ3v) is 7.58. The van der Waals surface area contributed by atoms with Gasteiger partial charge in [-0.05, 0) is 12.2 Å². The molecule has 2 N–H and O–H groups in total. The van der Waals surface area contributed by atoms with Gasteiger partial charge in [0.25, 0.3) is 0 Å². The highest BCUT2D eigenvalue weighted by molar-refractivity contribution is 8.76. The predicted octanol–water partition coefficient (Wildman–Crippen LogP) is 1.76. The number of nitrogens with zero attached hydrogens (tertiary/aromatic N) is 3. The zero-order valence-electron chi connectivity index (χ0n) is 21.2. The second-order valence-electron chi connectivity index (χ2n) is 8.49. The van der Waals surface area contributed by atoms with Gasteiger partial charge in [0, 0.05) is 57.2 Å². The van der Waals surface area contributed by atoms with Gasteiger partial charge in [-0.2, -0.15) is 0 Å². The van der Waals surface area contributed by atoms with E-state index in [1.165, 1.54) is 0 Å². The first-order chi connectivity index (χ1) is 17.1. The van der Waals surface area contributed by atoms with Crippen LogP contribution < -0.4 is 4.74 Å². The number of aliphatic hydroxyl groups excluding tert-OH is 2. The molecule has 1 saturated heterocycles. The number of rotatable bonds is 20. The van der Waals surface area contributed by atoms with E-state index in [2.05, 4.69) is 28.0 Å². The number of pyridine rings is 1. The molecule has 0 saturated carbocycles. The Morgan fingerprint density at radius 1 is 1.03 bits per heavy atom. The molecular weight excluding hydrogens is 490 g/mol. The van der Waals surface area contributed by atoms with Crippen molar-refractivity contribution in [3.8, 4) is 5.75 Å². The van der Waals surface area contributed by atoms with Gasteiger partial charge in [0.15, 0.2) is 0 Å². The molecule has 1 aliphatic rings. The SMILES string of the molecule is CSSCC(C)CN(CCOCCOCCN1CCOCC1)CCOc1cc(CO)nc(CO)c1. The van der Waals surface area contributed by atoms with E-state index in [4.69, 9.17) is 18.9 Å². The van der Waals surface area contributed by atoms with Crippen molar-refractivity contribution in [1.29, 1.82) is 0 Å². The van der Waals surface area contributed by atoms with Crippen LogP contribution in [0.5, 0.6) is 5.75 Å². The van der Waals surface area contributed by atoms with Crippen LogP contribution in [-0.2, 0) is 27.4 Å². The quantitative estimate of drug-likeness (QED) is 0.190. The van der Waals surface area contributed by atoms with Crippen molar-refractivity contribution in [2.75, 3.05) is 97.5 Å². The third-order valence-electron chi connectivity index (χ3n) is 5.52. The minimum Gasteiger partial charge on any atom is -0.492 e. The molecule has 0 radical (unpaired) electrons. The summed E-state index contributed by atoms with van der Waals surface area (Å²) in [5.41, 5.74) is 0.985. The Kier molecular flexibility index (Phi) is 17.0. The smallest absolute Gasteiger partial charge is 0.123 e. The van der Waals surface area contributed by atoms with Crippen LogP contribution in [0, 0.1) is 5.92 Å². The first-order valence-electron chi connectivity index (χ1n) is 12.3. The van der Waals surface area contributed by atoms with E-state index in [-0.39, 0.29) is 13.2 Å². The topological polar surface area (TPSA) is 96.8 Å². The molecule has 1 aliphatic heterocycles. The van der Waals surface area contributed by atoms with E-state index in [0.717, 1.165) is 64.8 Å². The Labute approximate surface area is 218 Å². The van der Waals surface area contributed by atoms with E-state index in [0.29, 0.717) is 49.5 Å². The minimum atomic E-state index is -0.185. The highest BCUT2D eigenvalue weighted by Crippen LogP contribution is 2.21. The molecule has 1 fully saturated rings. The fraction of sp³-hybridized carbons (Fsp3) is 0.792. The van der Waals surface area contributed by atoms with Crippen molar-refractivity contribution in [2.45, 2.75) is 20.1 Å². The number of ether oxygens (including phenoxy) is 4. The predicted molar refractivity (Wildman–Crippen MR) is 142 cm³/mol. The van der Waals surface area contributed by atoms with Gasteiger partial charge in [0.05, 0.1) is 64.2 Å². The van der Waals surface area contributed by atoms with Crippen molar-refractivity contribution in [1.82, 2.24) is 14.8 Å². The summed E-state index contributed by atoms with van der Waals surface area (Å²) in [5, 5.41) is 18.7. The fourth-order valence-electron chi connectivity index (χ4n) is 3.66. The lowest BCUT2D eigenvalue weighted by Gasteiger charge is -2.26. The molecule has 0 amide bonds. The molecule has 0 spiro atoms. The summed E-state index contributed by atoms with van der Waals surface area (Å²) >= 11 is 0. The van der Waals surface area contributed by atoms with Crippen LogP contribution in [0.25, 0.3) is 0 Å². The number of aliphatic hydroxyl groups is 2. The van der Waals surface area contributed by atoms with E-state index < -0.39 is 0 Å². The molecular formula is C24H43N3O6S2. The fourth-order valence-corrected chi connectivity index (χ4v) is 5.24. The molecule has 2 heterocycles. The summed E-state index contributed by atoms with van der Waals surface area (Å²) in [7, 11) is 3.68. The first-order valence-corrected chi connectivity index (χ1v) is 15.0. The lowest BCUT2D eigenvalue weighted by atomic mass is 10.2. The normalized spacial score (nSPS) is 15.6. The molecule has 1 atom stereocenters. The first kappa shape index (κ1) is 30.6. The molecule has 1 aromatic heterocycles. The maximum atomic E-state index is 9.37. The highest BCUT2D eigenvalue weighted by Gasteiger charge is 2.12. The van der Waals surface area contributed by atoms with Gasteiger partial charge in [-0.15, -0.1) is 0 Å². The van der Waals surface area contributed by atoms with Crippen molar-refractivity contribution in [3.63, 3.8) is 0 Å². The molecule has 1 aromatic rings. The third kappa shape index (κ3) is 14.0. The van der Waals surface area contributed by atoms with E-state index in [1.54, 1.807) is 22.9 Å². The van der Waals surface area contributed by atoms with Crippen LogP contribution in [0.1, 0.15) is 18.3 Å². The Morgan fingerprint density at radius 2 is 1.69 bits per heavy atom. The second kappa shape index (κ2) is 19.5. The Balaban J connectivity index is 1.67. The van der Waals surface area contributed by atoms with Gasteiger partial charge in [-0.3, -0.25) is 14.8 Å². The molecule has 0 bridgehead atoms. The lowest BCUT2D eigenvalue weighted by Crippen LogP contribution is -2.38. The maximum Gasteiger partial charge on any atom is 0.123 e. The molecule has 35 heavy (non-hydrogen) atoms. The van der Waals surface area contributed by atoms with Gasteiger partial charge >= 0.3 is 0 Å². The van der Waals surface area contributed by atoms with Crippen LogP contribution >= 0.6 is 21.6 Å². The van der Waals surface area contributed by atoms with Gasteiger partial charge < -0.3 is 29.2 Å². The molecule has 202 valence electrons. The zero-order chi connectivity index (χ0) is 25.1. The summed E-state index contributed by atoms with van der Waals surface area (Å²) in [6, 6.07) is 3.42. The van der Waals surface area contributed by atoms with E-state index >= 15 is 0 Å². The summed E-state index contributed by atoms with van der Waals surface area (Å²) < 4.78 is 22.8. The van der Waals surface area contributed by atoms with Crippen molar-refractivity contribution < 1.29 is 29.2 Å². The highest BCUT2D eigenvalue weighted by atomic mass is 33.1. The van der Waals surface area contributed by atoms with Crippen molar-refractivity contribution in [3.05, 3.63) is 23.5 Å². The Bertz CT molecular complexity index is 648. The summed E-state index contributed by atoms with van der Waals surface area (Å²) in [5.74, 6) is 2.27. The average molecular weight is 534 g/mol. The van der Waals surface area contributed by atoms with Crippen molar-refractivity contribution >= 4 is 21.6 Å². The van der Waals surface area contributed by atoms with Gasteiger partial charge in [-0.25, -0.2) is 0 Å². The second-order valence-corrected chi connectivity index (χ2v) is 11.1. The minimum absolute atomic E-state index is 0.185. The van der Waals surface area contributed by atoms with Gasteiger partial charge in [-0.1, -0.05) is 28.5 Å². The van der Waals surface area contributed by atoms with Crippen LogP contribution in [0.3, 0.4) is 0 Å². The number of aromatic nitrogens is 1. The summed E-state index contributed by atoms with van der Waals surface area (Å²) in [6.45, 7) is 12.1. The Morgan fingerprint density at radius 3 is 2.34 bits per heavy atom. The summed E-state index contributed by atoms with van der Waals surface area (Å²) in [6.07, 6.45) is 2.11. The number of hydrogen-bond acceptors (Lipinski definition) is 11. The summed E-state index contributed by atoms with van der Waals surface area (Å²) in [4.78, 5) is 8.88. The molecule has 1 unspecified atom stereocenters. The van der Waals surface area contributed by atoms with E-state index in [9.17, 15) is 10.2 Å². The Hall–Kier alpha value is -0.630. The van der Waals surface area contributed by atoms with Gasteiger partial charge in [0.2, 0.25) is 0 Å². The van der Waals surface area contributed by atoms with Crippen LogP contribution in [0.15, 0.2) is 12.1 Å². The molecule has 0 aromatic carbocycles. The van der Waals surface area contributed by atoms with E-state index in [1.807, 2.05) is 10.8 Å². The van der Waals surface area contributed by atoms with Crippen LogP contribution in [-0.4, -0.2) is 123 Å². The van der Waals surface area contributed by atoms with Crippen LogP contribution in [0.4, 0.5) is 0 Å². The standard InChI is InChI=1S/C24H43N3O6S2/c1-21(20-35-34-2)17-27(7-12-33-24-15-22(18-28)25-23(16-24)19-29)6-11-32-14-13-31-10-5-26-3-8-30-9-4-26/h15-16,21,28-29H,3-14,17-20H2,1-2H3. The van der Waals surface area contributed by atoms with Crippen LogP contribution in [0.2, 0.25) is 0 Å². The number of morpholine rings is 1. The number of hydrogen-bond donors (Lipinski definition) is 2. The molecule has 2 rings (SSSR count). The average Bonchev–Trinajstić information content (AvgIpc) is 2.89. The maximum absolute atomic E-state index is 9.37. The zero-order valence-corrected chi connectivity index (χ0v) is 22.9. The lowest BCUT2D eigenvalue weighted by molar-refractivity contribution is 0.00533. The molecule has 11 heteroatoms. The largest absolute Gasteiger partial charge is 0.492 e. The molecule has 0 aliphatic carbocycles. The van der Waals surface area contributed by atoms with Gasteiger partial charge in [0.1, 0.15) is 12.4 Å².